The van der Waals surface area contributed by atoms with Gasteiger partial charge in [-0.2, -0.15) is 0 Å². The predicted octanol–water partition coefficient (Wildman–Crippen LogP) is 1.09. The first kappa shape index (κ1) is 15.8. The summed E-state index contributed by atoms with van der Waals surface area (Å²) < 4.78 is 1.64. The number of aromatic nitrogens is 2. The predicted molar refractivity (Wildman–Crippen MR) is 98.4 cm³/mol. The molecule has 136 valence electrons. The van der Waals surface area contributed by atoms with Gasteiger partial charge in [0.05, 0.1) is 6.04 Å². The van der Waals surface area contributed by atoms with Gasteiger partial charge in [0, 0.05) is 49.5 Å². The molecule has 2 aliphatic heterocycles. The van der Waals surface area contributed by atoms with Gasteiger partial charge in [-0.15, -0.1) is 0 Å². The molecular weight excluding hydrogens is 330 g/mol. The highest BCUT2D eigenvalue weighted by molar-refractivity contribution is 5.86. The Morgan fingerprint density at radius 2 is 2.15 bits per heavy atom. The third-order valence-corrected chi connectivity index (χ3v) is 6.04. The second kappa shape index (κ2) is 5.82. The minimum atomic E-state index is -0.136. The van der Waals surface area contributed by atoms with Crippen LogP contribution in [0.4, 0.5) is 0 Å². The Balaban J connectivity index is 1.61. The lowest BCUT2D eigenvalue weighted by atomic mass is 9.88. The molecule has 2 aromatic rings. The lowest BCUT2D eigenvalue weighted by molar-refractivity contribution is -0.128. The molecule has 2 aromatic heterocycles. The van der Waals surface area contributed by atoms with Gasteiger partial charge in [-0.3, -0.25) is 9.59 Å². The molecule has 2 fully saturated rings. The van der Waals surface area contributed by atoms with Gasteiger partial charge in [0.15, 0.2) is 5.78 Å². The molecule has 0 radical (unpaired) electrons. The Morgan fingerprint density at radius 3 is 3.04 bits per heavy atom. The molecule has 4 atom stereocenters. The summed E-state index contributed by atoms with van der Waals surface area (Å²) in [6, 6.07) is 2.20. The zero-order valence-electron chi connectivity index (χ0n) is 14.7. The lowest BCUT2D eigenvalue weighted by Gasteiger charge is -2.37. The number of nitrogens with one attached hydrogen (secondary N) is 3. The van der Waals surface area contributed by atoms with E-state index in [0.29, 0.717) is 17.7 Å². The molecule has 7 heteroatoms. The van der Waals surface area contributed by atoms with Crippen LogP contribution in [0.5, 0.6) is 0 Å². The Morgan fingerprint density at radius 1 is 1.27 bits per heavy atom. The Bertz CT molecular complexity index is 958. The summed E-state index contributed by atoms with van der Waals surface area (Å²) in [4.78, 5) is 28.1. The number of aromatic amines is 1. The van der Waals surface area contributed by atoms with Crippen LogP contribution in [0.1, 0.15) is 37.3 Å². The standard InChI is InChI=1S/C19H23N5O2/c1-23-10-13(12-6-7-20-17(12)19(23)26)15-9-11-5-8-21-24(11)18-14(22-15)3-2-4-16(18)25/h5-8,10-11,14-15,18,20-22H,2-4,9H2,1H3. The fourth-order valence-electron chi connectivity index (χ4n) is 4.82. The van der Waals surface area contributed by atoms with E-state index in [-0.39, 0.29) is 29.7 Å². The maximum atomic E-state index is 12.6. The lowest BCUT2D eigenvalue weighted by Crippen LogP contribution is -2.58. The van der Waals surface area contributed by atoms with Crippen molar-refractivity contribution in [3.05, 3.63) is 46.7 Å². The number of carbonyl (C=O) groups excluding carboxylic acids is 1. The minimum absolute atomic E-state index is 0.0165. The third-order valence-electron chi connectivity index (χ3n) is 6.04. The van der Waals surface area contributed by atoms with Crippen molar-refractivity contribution in [3.63, 3.8) is 0 Å². The fourth-order valence-corrected chi connectivity index (χ4v) is 4.82. The number of pyridine rings is 1. The zero-order valence-corrected chi connectivity index (χ0v) is 14.7. The van der Waals surface area contributed by atoms with E-state index in [9.17, 15) is 9.59 Å². The van der Waals surface area contributed by atoms with E-state index in [4.69, 9.17) is 0 Å². The van der Waals surface area contributed by atoms with Crippen LogP contribution in [0.3, 0.4) is 0 Å². The van der Waals surface area contributed by atoms with E-state index in [1.165, 1.54) is 0 Å². The van der Waals surface area contributed by atoms with Crippen molar-refractivity contribution in [1.82, 2.24) is 25.3 Å². The number of H-pyrrole nitrogens is 1. The quantitative estimate of drug-likeness (QED) is 0.715. The van der Waals surface area contributed by atoms with Crippen molar-refractivity contribution in [2.24, 2.45) is 7.05 Å². The van der Waals surface area contributed by atoms with Crippen LogP contribution in [-0.2, 0) is 11.8 Å². The van der Waals surface area contributed by atoms with E-state index in [2.05, 4.69) is 26.8 Å². The number of carbonyl (C=O) groups is 1. The molecule has 0 amide bonds. The maximum absolute atomic E-state index is 12.6. The Hall–Kier alpha value is -2.38. The highest BCUT2D eigenvalue weighted by atomic mass is 16.1. The van der Waals surface area contributed by atoms with Gasteiger partial charge in [0.25, 0.3) is 5.56 Å². The molecule has 3 N–H and O–H groups in total. The van der Waals surface area contributed by atoms with Gasteiger partial charge in [-0.1, -0.05) is 0 Å². The molecule has 0 spiro atoms. The van der Waals surface area contributed by atoms with Crippen molar-refractivity contribution >= 4 is 16.7 Å². The van der Waals surface area contributed by atoms with Crippen molar-refractivity contribution in [3.8, 4) is 0 Å². The van der Waals surface area contributed by atoms with Crippen molar-refractivity contribution in [2.75, 3.05) is 0 Å². The molecule has 1 saturated carbocycles. The smallest absolute Gasteiger partial charge is 0.274 e. The van der Waals surface area contributed by atoms with Gasteiger partial charge in [0.2, 0.25) is 0 Å². The van der Waals surface area contributed by atoms with Crippen LogP contribution in [0.25, 0.3) is 10.9 Å². The van der Waals surface area contributed by atoms with Gasteiger partial charge in [-0.05, 0) is 37.0 Å². The van der Waals surface area contributed by atoms with E-state index in [0.717, 1.165) is 30.2 Å². The summed E-state index contributed by atoms with van der Waals surface area (Å²) in [6.07, 6.45) is 11.3. The molecule has 1 saturated heterocycles. The summed E-state index contributed by atoms with van der Waals surface area (Å²) >= 11 is 0. The van der Waals surface area contributed by atoms with Gasteiger partial charge < -0.3 is 20.3 Å². The van der Waals surface area contributed by atoms with Crippen molar-refractivity contribution < 1.29 is 4.79 Å². The number of aryl methyl sites for hydroxylation is 1. The summed E-state index contributed by atoms with van der Waals surface area (Å²) in [6.45, 7) is 0. The van der Waals surface area contributed by atoms with E-state index in [1.54, 1.807) is 11.6 Å². The largest absolute Gasteiger partial charge is 0.357 e. The number of hydrogen-bond acceptors (Lipinski definition) is 5. The number of fused-ring (bicyclic) bond motifs is 4. The summed E-state index contributed by atoms with van der Waals surface area (Å²) in [5.41, 5.74) is 5.02. The molecule has 3 aliphatic rings. The molecule has 26 heavy (non-hydrogen) atoms. The summed E-state index contributed by atoms with van der Waals surface area (Å²) in [5, 5.41) is 6.84. The number of rotatable bonds is 1. The summed E-state index contributed by atoms with van der Waals surface area (Å²) in [7, 11) is 1.79. The van der Waals surface area contributed by atoms with Crippen LogP contribution in [-0.4, -0.2) is 38.5 Å². The second-order valence-electron chi connectivity index (χ2n) is 7.59. The molecule has 0 aromatic carbocycles. The van der Waals surface area contributed by atoms with Crippen LogP contribution in [0, 0.1) is 0 Å². The zero-order chi connectivity index (χ0) is 17.8. The van der Waals surface area contributed by atoms with E-state index < -0.39 is 0 Å². The highest BCUT2D eigenvalue weighted by Gasteiger charge is 2.44. The topological polar surface area (TPSA) is 82.2 Å². The highest BCUT2D eigenvalue weighted by Crippen LogP contribution is 2.35. The normalized spacial score (nSPS) is 31.5. The van der Waals surface area contributed by atoms with Crippen molar-refractivity contribution in [1.29, 1.82) is 0 Å². The molecule has 1 aliphatic carbocycles. The number of ketones is 1. The SMILES string of the molecule is Cn1cc(C2CC3C=CNN3C3C(=O)CCCC3N2)c2cc[nH]c2c1=O. The molecule has 4 unspecified atom stereocenters. The molecule has 7 nitrogen and oxygen atoms in total. The maximum Gasteiger partial charge on any atom is 0.274 e. The molecular formula is C19H23N5O2. The van der Waals surface area contributed by atoms with E-state index >= 15 is 0 Å². The molecule has 5 rings (SSSR count). The fraction of sp³-hybridized carbons (Fsp3) is 0.474. The van der Waals surface area contributed by atoms with Crippen LogP contribution < -0.4 is 16.3 Å². The first-order valence-electron chi connectivity index (χ1n) is 9.30. The Kier molecular flexibility index (Phi) is 3.55. The second-order valence-corrected chi connectivity index (χ2v) is 7.59. The molecule has 0 bridgehead atoms. The number of hydrogen-bond donors (Lipinski definition) is 3. The Labute approximate surface area is 151 Å². The number of hydrazine groups is 1. The third kappa shape index (κ3) is 2.27. The van der Waals surface area contributed by atoms with Gasteiger partial charge in [0.1, 0.15) is 11.6 Å². The first-order chi connectivity index (χ1) is 12.6. The summed E-state index contributed by atoms with van der Waals surface area (Å²) in [5.74, 6) is 0.308. The van der Waals surface area contributed by atoms with Gasteiger partial charge in [-0.25, -0.2) is 5.01 Å². The number of Topliss-reactive ketones (excluding diaryl/α,β-unsaturated/α-hetero) is 1. The minimum Gasteiger partial charge on any atom is -0.357 e. The van der Waals surface area contributed by atoms with Crippen LogP contribution >= 0.6 is 0 Å². The van der Waals surface area contributed by atoms with Crippen LogP contribution in [0.15, 0.2) is 35.5 Å². The number of nitrogens with zero attached hydrogens (tertiary/aromatic N) is 2. The van der Waals surface area contributed by atoms with Gasteiger partial charge >= 0.3 is 0 Å². The first-order valence-corrected chi connectivity index (χ1v) is 9.30. The average Bonchev–Trinajstić information content (AvgIpc) is 3.25. The monoisotopic (exact) mass is 353 g/mol. The van der Waals surface area contributed by atoms with E-state index in [1.807, 2.05) is 24.7 Å². The van der Waals surface area contributed by atoms with Crippen LogP contribution in [0.2, 0.25) is 0 Å². The molecule has 4 heterocycles. The average molecular weight is 353 g/mol. The van der Waals surface area contributed by atoms with Crippen molar-refractivity contribution in [2.45, 2.75) is 49.9 Å².